The number of morpholine rings is 1. The molecule has 1 unspecified atom stereocenters. The van der Waals surface area contributed by atoms with Gasteiger partial charge in [0.2, 0.25) is 0 Å². The maximum Gasteiger partial charge on any atom is 0.0594 e. The molecule has 4 heteroatoms. The van der Waals surface area contributed by atoms with Gasteiger partial charge in [-0.15, -0.1) is 0 Å². The molecular formula is C14H21ClN2O. The molecule has 1 aliphatic rings. The number of halogens is 1. The number of nitrogens with two attached hydrogens (primary N) is 1. The zero-order valence-electron chi connectivity index (χ0n) is 11.0. The molecule has 2 rings (SSSR count). The van der Waals surface area contributed by atoms with Crippen LogP contribution in [0.3, 0.4) is 0 Å². The lowest BCUT2D eigenvalue weighted by Gasteiger charge is -2.44. The molecule has 100 valence electrons. The van der Waals surface area contributed by atoms with E-state index in [0.717, 1.165) is 36.9 Å². The molecule has 1 aromatic carbocycles. The number of hydrogen-bond donors (Lipinski definition) is 1. The van der Waals surface area contributed by atoms with Gasteiger partial charge < -0.3 is 10.5 Å². The standard InChI is InChI=1S/C14H21ClN2O/c1-14(2,17-7-9-18-10-8-17)13(16)11-3-5-12(15)6-4-11/h3-6,13H,7-10,16H2,1-2H3. The fraction of sp³-hybridized carbons (Fsp3) is 0.571. The van der Waals surface area contributed by atoms with E-state index in [9.17, 15) is 0 Å². The first kappa shape index (κ1) is 13.8. The monoisotopic (exact) mass is 268 g/mol. The molecule has 1 aromatic rings. The number of rotatable bonds is 3. The first-order valence-electron chi connectivity index (χ1n) is 6.35. The first-order chi connectivity index (χ1) is 8.51. The van der Waals surface area contributed by atoms with Crippen LogP contribution in [0.1, 0.15) is 25.5 Å². The van der Waals surface area contributed by atoms with Crippen molar-refractivity contribution in [2.45, 2.75) is 25.4 Å². The van der Waals surface area contributed by atoms with Gasteiger partial charge in [0, 0.05) is 29.7 Å². The Bertz CT molecular complexity index is 385. The second-order valence-corrected chi connectivity index (χ2v) is 5.72. The Morgan fingerprint density at radius 2 is 1.78 bits per heavy atom. The van der Waals surface area contributed by atoms with Crippen molar-refractivity contribution in [2.75, 3.05) is 26.3 Å². The summed E-state index contributed by atoms with van der Waals surface area (Å²) < 4.78 is 5.40. The maximum absolute atomic E-state index is 6.43. The van der Waals surface area contributed by atoms with E-state index in [0.29, 0.717) is 0 Å². The van der Waals surface area contributed by atoms with Crippen molar-refractivity contribution in [3.63, 3.8) is 0 Å². The highest BCUT2D eigenvalue weighted by Gasteiger charge is 2.34. The lowest BCUT2D eigenvalue weighted by Crippen LogP contribution is -2.55. The van der Waals surface area contributed by atoms with Crippen LogP contribution in [0.2, 0.25) is 5.02 Å². The molecule has 1 aliphatic heterocycles. The molecule has 1 fully saturated rings. The second-order valence-electron chi connectivity index (χ2n) is 5.28. The minimum Gasteiger partial charge on any atom is -0.379 e. The number of hydrogen-bond acceptors (Lipinski definition) is 3. The van der Waals surface area contributed by atoms with E-state index in [-0.39, 0.29) is 11.6 Å². The second kappa shape index (κ2) is 5.57. The van der Waals surface area contributed by atoms with E-state index >= 15 is 0 Å². The Morgan fingerprint density at radius 3 is 2.33 bits per heavy atom. The van der Waals surface area contributed by atoms with E-state index < -0.39 is 0 Å². The van der Waals surface area contributed by atoms with Crippen LogP contribution in [0.5, 0.6) is 0 Å². The van der Waals surface area contributed by atoms with Gasteiger partial charge in [-0.1, -0.05) is 23.7 Å². The number of ether oxygens (including phenoxy) is 1. The van der Waals surface area contributed by atoms with Crippen molar-refractivity contribution < 1.29 is 4.74 Å². The van der Waals surface area contributed by atoms with Crippen molar-refractivity contribution in [3.8, 4) is 0 Å². The fourth-order valence-electron chi connectivity index (χ4n) is 2.41. The fourth-order valence-corrected chi connectivity index (χ4v) is 2.54. The van der Waals surface area contributed by atoms with E-state index in [1.807, 2.05) is 24.3 Å². The summed E-state index contributed by atoms with van der Waals surface area (Å²) in [6.45, 7) is 7.84. The molecule has 0 amide bonds. The Kier molecular flexibility index (Phi) is 4.28. The van der Waals surface area contributed by atoms with Gasteiger partial charge in [0.05, 0.1) is 13.2 Å². The third-order valence-electron chi connectivity index (χ3n) is 3.82. The van der Waals surface area contributed by atoms with Gasteiger partial charge >= 0.3 is 0 Å². The average molecular weight is 269 g/mol. The zero-order chi connectivity index (χ0) is 13.2. The molecule has 0 radical (unpaired) electrons. The molecule has 1 heterocycles. The third-order valence-corrected chi connectivity index (χ3v) is 4.07. The van der Waals surface area contributed by atoms with E-state index in [1.54, 1.807) is 0 Å². The van der Waals surface area contributed by atoms with Gasteiger partial charge in [0.15, 0.2) is 0 Å². The molecule has 0 aliphatic carbocycles. The van der Waals surface area contributed by atoms with Crippen LogP contribution in [-0.2, 0) is 4.74 Å². The van der Waals surface area contributed by atoms with Gasteiger partial charge in [0.1, 0.15) is 0 Å². The largest absolute Gasteiger partial charge is 0.379 e. The molecule has 1 atom stereocenters. The van der Waals surface area contributed by atoms with Crippen LogP contribution in [0.25, 0.3) is 0 Å². The quantitative estimate of drug-likeness (QED) is 0.915. The van der Waals surface area contributed by atoms with Gasteiger partial charge in [-0.05, 0) is 31.5 Å². The van der Waals surface area contributed by atoms with Crippen LogP contribution in [0.4, 0.5) is 0 Å². The van der Waals surface area contributed by atoms with Gasteiger partial charge in [-0.25, -0.2) is 0 Å². The lowest BCUT2D eigenvalue weighted by atomic mass is 9.87. The lowest BCUT2D eigenvalue weighted by molar-refractivity contribution is -0.0190. The topological polar surface area (TPSA) is 38.5 Å². The Hall–Kier alpha value is -0.610. The van der Waals surface area contributed by atoms with Crippen molar-refractivity contribution in [3.05, 3.63) is 34.9 Å². The van der Waals surface area contributed by atoms with E-state index in [2.05, 4.69) is 18.7 Å². The molecule has 2 N–H and O–H groups in total. The average Bonchev–Trinajstić information content (AvgIpc) is 2.40. The summed E-state index contributed by atoms with van der Waals surface area (Å²) in [5, 5.41) is 0.745. The summed E-state index contributed by atoms with van der Waals surface area (Å²) in [7, 11) is 0. The third kappa shape index (κ3) is 2.86. The zero-order valence-corrected chi connectivity index (χ0v) is 11.8. The Balaban J connectivity index is 2.14. The van der Waals surface area contributed by atoms with E-state index in [1.165, 1.54) is 0 Å². The highest BCUT2D eigenvalue weighted by atomic mass is 35.5. The van der Waals surface area contributed by atoms with E-state index in [4.69, 9.17) is 22.1 Å². The molecule has 0 bridgehead atoms. The van der Waals surface area contributed by atoms with Gasteiger partial charge in [-0.2, -0.15) is 0 Å². The summed E-state index contributed by atoms with van der Waals surface area (Å²) >= 11 is 5.91. The summed E-state index contributed by atoms with van der Waals surface area (Å²) in [6.07, 6.45) is 0. The SMILES string of the molecule is CC(C)(C(N)c1ccc(Cl)cc1)N1CCOCC1. The molecule has 3 nitrogen and oxygen atoms in total. The summed E-state index contributed by atoms with van der Waals surface area (Å²) in [4.78, 5) is 2.40. The molecule has 18 heavy (non-hydrogen) atoms. The summed E-state index contributed by atoms with van der Waals surface area (Å²) in [5.74, 6) is 0. The Labute approximate surface area is 114 Å². The predicted octanol–water partition coefficient (Wildman–Crippen LogP) is 2.45. The predicted molar refractivity (Wildman–Crippen MR) is 74.9 cm³/mol. The van der Waals surface area contributed by atoms with Crippen LogP contribution in [0, 0.1) is 0 Å². The first-order valence-corrected chi connectivity index (χ1v) is 6.73. The minimum absolute atomic E-state index is 0.0344. The highest BCUT2D eigenvalue weighted by Crippen LogP contribution is 2.30. The summed E-state index contributed by atoms with van der Waals surface area (Å²) in [6, 6.07) is 7.77. The van der Waals surface area contributed by atoms with Crippen LogP contribution in [0.15, 0.2) is 24.3 Å². The van der Waals surface area contributed by atoms with Crippen LogP contribution in [-0.4, -0.2) is 36.7 Å². The van der Waals surface area contributed by atoms with Crippen molar-refractivity contribution in [1.82, 2.24) is 4.90 Å². The number of nitrogens with zero attached hydrogens (tertiary/aromatic N) is 1. The van der Waals surface area contributed by atoms with Gasteiger partial charge in [0.25, 0.3) is 0 Å². The minimum atomic E-state index is -0.0857. The number of benzene rings is 1. The van der Waals surface area contributed by atoms with Crippen molar-refractivity contribution in [1.29, 1.82) is 0 Å². The summed E-state index contributed by atoms with van der Waals surface area (Å²) in [5.41, 5.74) is 7.46. The molecule has 0 spiro atoms. The normalized spacial score (nSPS) is 19.8. The van der Waals surface area contributed by atoms with Crippen molar-refractivity contribution >= 4 is 11.6 Å². The molecule has 0 aromatic heterocycles. The highest BCUT2D eigenvalue weighted by molar-refractivity contribution is 6.30. The molecular weight excluding hydrogens is 248 g/mol. The van der Waals surface area contributed by atoms with Crippen molar-refractivity contribution in [2.24, 2.45) is 5.73 Å². The van der Waals surface area contributed by atoms with Crippen LogP contribution < -0.4 is 5.73 Å². The molecule has 1 saturated heterocycles. The maximum atomic E-state index is 6.43. The van der Waals surface area contributed by atoms with Crippen LogP contribution >= 0.6 is 11.6 Å². The van der Waals surface area contributed by atoms with Gasteiger partial charge in [-0.3, -0.25) is 4.90 Å². The smallest absolute Gasteiger partial charge is 0.0594 e. The Morgan fingerprint density at radius 1 is 1.22 bits per heavy atom. The molecule has 0 saturated carbocycles.